The van der Waals surface area contributed by atoms with E-state index in [0.29, 0.717) is 16.8 Å². The number of benzene rings is 2. The molecule has 6 nitrogen and oxygen atoms in total. The van der Waals surface area contributed by atoms with E-state index in [1.54, 1.807) is 6.07 Å². The first-order valence-corrected chi connectivity index (χ1v) is 9.51. The van der Waals surface area contributed by atoms with Crippen LogP contribution >= 0.6 is 11.6 Å². The molecule has 0 unspecified atom stereocenters. The van der Waals surface area contributed by atoms with E-state index in [2.05, 4.69) is 10.3 Å². The van der Waals surface area contributed by atoms with Crippen LogP contribution in [-0.4, -0.2) is 23.5 Å². The molecule has 1 aromatic heterocycles. The normalized spacial score (nSPS) is 12.3. The summed E-state index contributed by atoms with van der Waals surface area (Å²) in [6.07, 6.45) is 2.55. The standard InChI is InChI=1S/C22H16ClN3O3/c23-17-10-14(9-8-13(17)11-24)25-20(27)12-29-22(28)21-15-4-1-2-6-18(15)26-19-7-3-5-16(19)21/h1-2,4,6,8-10H,3,5,7,12H2,(H,25,27). The van der Waals surface area contributed by atoms with Crippen LogP contribution in [0.25, 0.3) is 10.9 Å². The number of amides is 1. The van der Waals surface area contributed by atoms with Gasteiger partial charge in [0, 0.05) is 16.8 Å². The van der Waals surface area contributed by atoms with E-state index in [1.807, 2.05) is 30.3 Å². The molecule has 1 amide bonds. The lowest BCUT2D eigenvalue weighted by molar-refractivity contribution is -0.119. The summed E-state index contributed by atoms with van der Waals surface area (Å²) < 4.78 is 5.31. The number of hydrogen-bond acceptors (Lipinski definition) is 5. The first-order chi connectivity index (χ1) is 14.1. The average molecular weight is 406 g/mol. The van der Waals surface area contributed by atoms with Crippen LogP contribution in [-0.2, 0) is 22.4 Å². The molecule has 0 spiro atoms. The van der Waals surface area contributed by atoms with Crippen molar-refractivity contribution in [2.24, 2.45) is 0 Å². The lowest BCUT2D eigenvalue weighted by Crippen LogP contribution is -2.21. The fourth-order valence-electron chi connectivity index (χ4n) is 3.53. The molecule has 2 aromatic carbocycles. The van der Waals surface area contributed by atoms with Gasteiger partial charge in [-0.1, -0.05) is 29.8 Å². The smallest absolute Gasteiger partial charge is 0.339 e. The maximum absolute atomic E-state index is 12.8. The Labute approximate surface area is 172 Å². The second kappa shape index (κ2) is 7.90. The highest BCUT2D eigenvalue weighted by Crippen LogP contribution is 2.30. The van der Waals surface area contributed by atoms with E-state index in [1.165, 1.54) is 12.1 Å². The van der Waals surface area contributed by atoms with Crippen molar-refractivity contribution in [2.75, 3.05) is 11.9 Å². The van der Waals surface area contributed by atoms with Gasteiger partial charge < -0.3 is 10.1 Å². The minimum absolute atomic E-state index is 0.237. The minimum Gasteiger partial charge on any atom is -0.452 e. The van der Waals surface area contributed by atoms with Gasteiger partial charge in [0.25, 0.3) is 5.91 Å². The molecule has 144 valence electrons. The van der Waals surface area contributed by atoms with Crippen LogP contribution in [0.1, 0.15) is 33.6 Å². The number of aromatic nitrogens is 1. The fourth-order valence-corrected chi connectivity index (χ4v) is 3.75. The molecule has 0 radical (unpaired) electrons. The number of pyridine rings is 1. The van der Waals surface area contributed by atoms with Gasteiger partial charge in [0.1, 0.15) is 6.07 Å². The number of nitriles is 1. The Morgan fingerprint density at radius 1 is 1.21 bits per heavy atom. The predicted molar refractivity (Wildman–Crippen MR) is 109 cm³/mol. The molecule has 0 atom stereocenters. The number of nitrogens with zero attached hydrogens (tertiary/aromatic N) is 2. The van der Waals surface area contributed by atoms with Gasteiger partial charge in [-0.15, -0.1) is 0 Å². The summed E-state index contributed by atoms with van der Waals surface area (Å²) in [5, 5.41) is 12.5. The molecule has 4 rings (SSSR count). The number of carbonyl (C=O) groups is 2. The first-order valence-electron chi connectivity index (χ1n) is 9.14. The molecular weight excluding hydrogens is 390 g/mol. The van der Waals surface area contributed by atoms with Crippen LogP contribution in [0.2, 0.25) is 5.02 Å². The highest BCUT2D eigenvalue weighted by molar-refractivity contribution is 6.32. The number of para-hydroxylation sites is 1. The number of aryl methyl sites for hydroxylation is 1. The lowest BCUT2D eigenvalue weighted by Gasteiger charge is -2.12. The van der Waals surface area contributed by atoms with E-state index in [0.717, 1.165) is 41.4 Å². The SMILES string of the molecule is N#Cc1ccc(NC(=O)COC(=O)c2c3c(nc4ccccc24)CCC3)cc1Cl. The number of carbonyl (C=O) groups excluding carboxylic acids is 2. The molecule has 1 aliphatic rings. The molecule has 0 saturated heterocycles. The van der Waals surface area contributed by atoms with Gasteiger partial charge in [0.2, 0.25) is 0 Å². The van der Waals surface area contributed by atoms with Gasteiger partial charge in [-0.05, 0) is 49.1 Å². The van der Waals surface area contributed by atoms with Gasteiger partial charge in [-0.25, -0.2) is 4.79 Å². The average Bonchev–Trinajstić information content (AvgIpc) is 3.18. The largest absolute Gasteiger partial charge is 0.452 e. The van der Waals surface area contributed by atoms with Crippen molar-refractivity contribution in [2.45, 2.75) is 19.3 Å². The van der Waals surface area contributed by atoms with Gasteiger partial charge in [-0.3, -0.25) is 9.78 Å². The zero-order chi connectivity index (χ0) is 20.4. The summed E-state index contributed by atoms with van der Waals surface area (Å²) in [4.78, 5) is 29.7. The molecule has 1 N–H and O–H groups in total. The lowest BCUT2D eigenvalue weighted by atomic mass is 10.0. The number of fused-ring (bicyclic) bond motifs is 2. The van der Waals surface area contributed by atoms with E-state index >= 15 is 0 Å². The molecule has 0 bridgehead atoms. The van der Waals surface area contributed by atoms with Crippen LogP contribution in [0.15, 0.2) is 42.5 Å². The Bertz CT molecular complexity index is 1180. The molecule has 1 heterocycles. The van der Waals surface area contributed by atoms with Crippen molar-refractivity contribution in [3.05, 3.63) is 69.9 Å². The molecule has 29 heavy (non-hydrogen) atoms. The molecule has 1 aliphatic carbocycles. The van der Waals surface area contributed by atoms with Crippen molar-refractivity contribution >= 4 is 40.1 Å². The third kappa shape index (κ3) is 3.78. The van der Waals surface area contributed by atoms with E-state index in [-0.39, 0.29) is 5.02 Å². The Morgan fingerprint density at radius 2 is 2.03 bits per heavy atom. The molecule has 3 aromatic rings. The van der Waals surface area contributed by atoms with Crippen LogP contribution in [0, 0.1) is 11.3 Å². The van der Waals surface area contributed by atoms with Crippen LogP contribution in [0.4, 0.5) is 5.69 Å². The maximum atomic E-state index is 12.8. The summed E-state index contributed by atoms with van der Waals surface area (Å²) in [6, 6.07) is 13.9. The van der Waals surface area contributed by atoms with E-state index < -0.39 is 18.5 Å². The van der Waals surface area contributed by atoms with Crippen molar-refractivity contribution < 1.29 is 14.3 Å². The Hall–Kier alpha value is -3.43. The number of hydrogen-bond donors (Lipinski definition) is 1. The number of esters is 1. The number of nitrogens with one attached hydrogen (secondary N) is 1. The number of ether oxygens (including phenoxy) is 1. The summed E-state index contributed by atoms with van der Waals surface area (Å²) in [7, 11) is 0. The third-order valence-corrected chi connectivity index (χ3v) is 5.14. The van der Waals surface area contributed by atoms with Crippen molar-refractivity contribution in [1.29, 1.82) is 5.26 Å². The molecule has 0 saturated carbocycles. The summed E-state index contributed by atoms with van der Waals surface area (Å²) in [5.41, 5.74) is 3.81. The number of rotatable bonds is 4. The summed E-state index contributed by atoms with van der Waals surface area (Å²) >= 11 is 5.97. The predicted octanol–water partition coefficient (Wildman–Crippen LogP) is 4.04. The second-order valence-corrected chi connectivity index (χ2v) is 7.12. The minimum atomic E-state index is -0.533. The van der Waals surface area contributed by atoms with Crippen LogP contribution < -0.4 is 5.32 Å². The van der Waals surface area contributed by atoms with Gasteiger partial charge in [-0.2, -0.15) is 5.26 Å². The second-order valence-electron chi connectivity index (χ2n) is 6.71. The Morgan fingerprint density at radius 3 is 2.83 bits per heavy atom. The Balaban J connectivity index is 1.50. The van der Waals surface area contributed by atoms with Gasteiger partial charge in [0.05, 0.1) is 21.7 Å². The Kier molecular flexibility index (Phi) is 5.15. The highest BCUT2D eigenvalue weighted by atomic mass is 35.5. The van der Waals surface area contributed by atoms with Crippen LogP contribution in [0.3, 0.4) is 0 Å². The molecule has 0 aliphatic heterocycles. The first kappa shape index (κ1) is 18.9. The highest BCUT2D eigenvalue weighted by Gasteiger charge is 2.25. The zero-order valence-corrected chi connectivity index (χ0v) is 16.1. The van der Waals surface area contributed by atoms with Gasteiger partial charge in [0.15, 0.2) is 6.61 Å². The zero-order valence-electron chi connectivity index (χ0n) is 15.4. The summed E-state index contributed by atoms with van der Waals surface area (Å²) in [6.45, 7) is -0.429. The van der Waals surface area contributed by atoms with Crippen LogP contribution in [0.5, 0.6) is 0 Å². The topological polar surface area (TPSA) is 92.1 Å². The molecular formula is C22H16ClN3O3. The monoisotopic (exact) mass is 405 g/mol. The fraction of sp³-hybridized carbons (Fsp3) is 0.182. The quantitative estimate of drug-likeness (QED) is 0.661. The maximum Gasteiger partial charge on any atom is 0.339 e. The number of halogens is 1. The summed E-state index contributed by atoms with van der Waals surface area (Å²) in [5.74, 6) is -1.02. The molecule has 7 heteroatoms. The van der Waals surface area contributed by atoms with Crippen molar-refractivity contribution in [3.63, 3.8) is 0 Å². The van der Waals surface area contributed by atoms with E-state index in [4.69, 9.17) is 21.6 Å². The van der Waals surface area contributed by atoms with Crippen molar-refractivity contribution in [3.8, 4) is 6.07 Å². The van der Waals surface area contributed by atoms with Gasteiger partial charge >= 0.3 is 5.97 Å². The third-order valence-electron chi connectivity index (χ3n) is 4.83. The van der Waals surface area contributed by atoms with Crippen molar-refractivity contribution in [1.82, 2.24) is 4.98 Å². The number of anilines is 1. The van der Waals surface area contributed by atoms with E-state index in [9.17, 15) is 9.59 Å². The molecule has 0 fully saturated rings.